The van der Waals surface area contributed by atoms with Crippen molar-refractivity contribution >= 4 is 40.3 Å². The number of hydrogen-bond donors (Lipinski definition) is 0. The molecule has 1 saturated heterocycles. The maximum atomic E-state index is 12.5. The fraction of sp³-hybridized carbons (Fsp3) is 0.357. The lowest BCUT2D eigenvalue weighted by molar-refractivity contribution is -0.138. The lowest BCUT2D eigenvalue weighted by Gasteiger charge is -2.18. The summed E-state index contributed by atoms with van der Waals surface area (Å²) in [5, 5.41) is 0. The predicted octanol–water partition coefficient (Wildman–Crippen LogP) is 1.67. The van der Waals surface area contributed by atoms with Gasteiger partial charge < -0.3 is 4.74 Å². The molecule has 20 heavy (non-hydrogen) atoms. The number of imide groups is 1. The molecule has 6 heteroatoms. The van der Waals surface area contributed by atoms with E-state index in [0.717, 1.165) is 19.6 Å². The third-order valence-corrected chi connectivity index (χ3v) is 4.34. The molecule has 1 aromatic carbocycles. The average Bonchev–Trinajstić information content (AvgIpc) is 2.82. The van der Waals surface area contributed by atoms with Crippen LogP contribution < -0.4 is 0 Å². The molecule has 2 amide bonds. The fourth-order valence-electron chi connectivity index (χ4n) is 2.69. The highest BCUT2D eigenvalue weighted by Crippen LogP contribution is 2.44. The number of rotatable bonds is 1. The standard InChI is InChI=1S/C14H13IN2O3/c1-3-20-12-9-5-4-8(15)6-10(9)14(16-12)7-11(18)17(2)13(14)19/h4-6H,3,7H2,1-2H3. The van der Waals surface area contributed by atoms with Crippen LogP contribution >= 0.6 is 22.6 Å². The van der Waals surface area contributed by atoms with Gasteiger partial charge >= 0.3 is 0 Å². The number of carbonyl (C=O) groups excluding carboxylic acids is 2. The summed E-state index contributed by atoms with van der Waals surface area (Å²) in [6.07, 6.45) is 0.0754. The number of halogens is 1. The van der Waals surface area contributed by atoms with Crippen molar-refractivity contribution in [3.8, 4) is 0 Å². The summed E-state index contributed by atoms with van der Waals surface area (Å²) in [4.78, 5) is 30.0. The van der Waals surface area contributed by atoms with Crippen LogP contribution in [0.4, 0.5) is 0 Å². The zero-order valence-electron chi connectivity index (χ0n) is 11.1. The number of likely N-dealkylation sites (tertiary alicyclic amines) is 1. The zero-order chi connectivity index (χ0) is 14.5. The third-order valence-electron chi connectivity index (χ3n) is 3.67. The maximum Gasteiger partial charge on any atom is 0.262 e. The fourth-order valence-corrected chi connectivity index (χ4v) is 3.18. The number of fused-ring (bicyclic) bond motifs is 2. The lowest BCUT2D eigenvalue weighted by atomic mass is 9.88. The lowest BCUT2D eigenvalue weighted by Crippen LogP contribution is -2.34. The van der Waals surface area contributed by atoms with Crippen molar-refractivity contribution in [3.05, 3.63) is 32.9 Å². The Hall–Kier alpha value is -1.44. The molecule has 1 atom stereocenters. The molecule has 1 fully saturated rings. The van der Waals surface area contributed by atoms with E-state index in [2.05, 4.69) is 27.6 Å². The molecule has 0 aromatic heterocycles. The van der Waals surface area contributed by atoms with Crippen LogP contribution in [0.3, 0.4) is 0 Å². The van der Waals surface area contributed by atoms with Crippen molar-refractivity contribution in [2.45, 2.75) is 18.9 Å². The molecule has 3 rings (SSSR count). The van der Waals surface area contributed by atoms with E-state index in [0.29, 0.717) is 12.5 Å². The molecule has 0 N–H and O–H groups in total. The summed E-state index contributed by atoms with van der Waals surface area (Å²) >= 11 is 2.19. The Morgan fingerprint density at radius 1 is 1.45 bits per heavy atom. The number of aliphatic imine (C=N–C) groups is 1. The normalized spacial score (nSPS) is 24.4. The van der Waals surface area contributed by atoms with Crippen molar-refractivity contribution in [3.63, 3.8) is 0 Å². The van der Waals surface area contributed by atoms with Crippen LogP contribution in [0.15, 0.2) is 23.2 Å². The zero-order valence-corrected chi connectivity index (χ0v) is 13.3. The minimum atomic E-state index is -1.12. The van der Waals surface area contributed by atoms with Crippen LogP contribution in [-0.2, 0) is 19.9 Å². The van der Waals surface area contributed by atoms with Gasteiger partial charge in [-0.1, -0.05) is 0 Å². The highest BCUT2D eigenvalue weighted by atomic mass is 127. The highest BCUT2D eigenvalue weighted by molar-refractivity contribution is 14.1. The van der Waals surface area contributed by atoms with Crippen LogP contribution in [0.2, 0.25) is 0 Å². The monoisotopic (exact) mass is 384 g/mol. The molecule has 2 aliphatic rings. The Bertz CT molecular complexity index is 656. The summed E-state index contributed by atoms with van der Waals surface area (Å²) in [6.45, 7) is 2.34. The van der Waals surface area contributed by atoms with Crippen LogP contribution in [0.1, 0.15) is 24.5 Å². The van der Waals surface area contributed by atoms with Gasteiger partial charge in [0.15, 0.2) is 5.54 Å². The predicted molar refractivity (Wildman–Crippen MR) is 81.4 cm³/mol. The van der Waals surface area contributed by atoms with Crippen molar-refractivity contribution in [1.29, 1.82) is 0 Å². The van der Waals surface area contributed by atoms with E-state index in [4.69, 9.17) is 4.74 Å². The first kappa shape index (κ1) is 13.5. The molecule has 0 bridgehead atoms. The SMILES string of the molecule is CCOC1=NC2(CC(=O)N(C)C2=O)c2cc(I)ccc21. The summed E-state index contributed by atoms with van der Waals surface area (Å²) < 4.78 is 6.54. The molecular weight excluding hydrogens is 371 g/mol. The van der Waals surface area contributed by atoms with Crippen LogP contribution in [-0.4, -0.2) is 36.3 Å². The Morgan fingerprint density at radius 2 is 2.20 bits per heavy atom. The Balaban J connectivity index is 2.21. The molecule has 2 heterocycles. The topological polar surface area (TPSA) is 59.0 Å². The molecule has 104 valence electrons. The van der Waals surface area contributed by atoms with E-state index in [-0.39, 0.29) is 18.2 Å². The highest BCUT2D eigenvalue weighted by Gasteiger charge is 2.56. The van der Waals surface area contributed by atoms with Crippen molar-refractivity contribution in [2.75, 3.05) is 13.7 Å². The number of nitrogens with zero attached hydrogens (tertiary/aromatic N) is 2. The molecule has 0 aliphatic carbocycles. The smallest absolute Gasteiger partial charge is 0.262 e. The van der Waals surface area contributed by atoms with Gasteiger partial charge in [0.2, 0.25) is 11.8 Å². The van der Waals surface area contributed by atoms with Gasteiger partial charge in [0.05, 0.1) is 13.0 Å². The second-order valence-electron chi connectivity index (χ2n) is 4.83. The van der Waals surface area contributed by atoms with Crippen LogP contribution in [0, 0.1) is 3.57 Å². The van der Waals surface area contributed by atoms with E-state index in [1.54, 1.807) is 0 Å². The van der Waals surface area contributed by atoms with E-state index in [9.17, 15) is 9.59 Å². The third kappa shape index (κ3) is 1.70. The molecule has 5 nitrogen and oxygen atoms in total. The minimum Gasteiger partial charge on any atom is -0.478 e. The number of carbonyl (C=O) groups is 2. The van der Waals surface area contributed by atoms with E-state index in [1.807, 2.05) is 25.1 Å². The van der Waals surface area contributed by atoms with Gasteiger partial charge in [-0.05, 0) is 47.7 Å². The summed E-state index contributed by atoms with van der Waals surface area (Å²) in [5.41, 5.74) is 0.464. The number of ether oxygens (including phenoxy) is 1. The summed E-state index contributed by atoms with van der Waals surface area (Å²) in [5.74, 6) is -0.0305. The molecular formula is C14H13IN2O3. The van der Waals surface area contributed by atoms with Gasteiger partial charge in [-0.3, -0.25) is 14.5 Å². The van der Waals surface area contributed by atoms with Gasteiger partial charge in [0.1, 0.15) is 0 Å². The van der Waals surface area contributed by atoms with Crippen molar-refractivity contribution in [2.24, 2.45) is 4.99 Å². The quantitative estimate of drug-likeness (QED) is 0.547. The number of amides is 2. The van der Waals surface area contributed by atoms with Gasteiger partial charge in [-0.2, -0.15) is 0 Å². The molecule has 1 unspecified atom stereocenters. The van der Waals surface area contributed by atoms with E-state index >= 15 is 0 Å². The van der Waals surface area contributed by atoms with Gasteiger partial charge in [0.25, 0.3) is 5.91 Å². The second-order valence-corrected chi connectivity index (χ2v) is 6.08. The van der Waals surface area contributed by atoms with Crippen LogP contribution in [0.5, 0.6) is 0 Å². The van der Waals surface area contributed by atoms with Crippen molar-refractivity contribution in [1.82, 2.24) is 4.90 Å². The van der Waals surface area contributed by atoms with Gasteiger partial charge in [-0.25, -0.2) is 4.99 Å². The Labute approximate surface area is 130 Å². The van der Waals surface area contributed by atoms with E-state index in [1.165, 1.54) is 7.05 Å². The maximum absolute atomic E-state index is 12.5. The first-order chi connectivity index (χ1) is 9.49. The second kappa shape index (κ2) is 4.54. The van der Waals surface area contributed by atoms with Gasteiger partial charge in [-0.15, -0.1) is 0 Å². The molecule has 0 saturated carbocycles. The minimum absolute atomic E-state index is 0.0754. The number of hydrogen-bond acceptors (Lipinski definition) is 4. The Kier molecular flexibility index (Phi) is 3.07. The largest absolute Gasteiger partial charge is 0.478 e. The number of benzene rings is 1. The van der Waals surface area contributed by atoms with Crippen molar-refractivity contribution < 1.29 is 14.3 Å². The molecule has 0 radical (unpaired) electrons. The first-order valence-corrected chi connectivity index (χ1v) is 7.41. The molecule has 2 aliphatic heterocycles. The summed E-state index contributed by atoms with van der Waals surface area (Å²) in [6, 6.07) is 5.75. The van der Waals surface area contributed by atoms with Gasteiger partial charge in [0, 0.05) is 21.7 Å². The number of likely N-dealkylation sites (N-methyl/N-ethyl adjacent to an activating group) is 1. The molecule has 1 aromatic rings. The average molecular weight is 384 g/mol. The van der Waals surface area contributed by atoms with Crippen LogP contribution in [0.25, 0.3) is 0 Å². The summed E-state index contributed by atoms with van der Waals surface area (Å²) in [7, 11) is 1.50. The first-order valence-electron chi connectivity index (χ1n) is 6.33. The molecule has 1 spiro atoms. The van der Waals surface area contributed by atoms with E-state index < -0.39 is 5.54 Å². The Morgan fingerprint density at radius 3 is 2.80 bits per heavy atom.